The number of hydrogen-bond acceptors (Lipinski definition) is 4. The number of carbonyl (C=O) groups excluding carboxylic acids is 1. The van der Waals surface area contributed by atoms with Crippen LogP contribution in [0.1, 0.15) is 36.2 Å². The van der Waals surface area contributed by atoms with Crippen LogP contribution >= 0.6 is 0 Å². The summed E-state index contributed by atoms with van der Waals surface area (Å²) in [6, 6.07) is 7.97. The molecule has 1 amide bonds. The Morgan fingerprint density at radius 2 is 2.25 bits per heavy atom. The van der Waals surface area contributed by atoms with E-state index in [0.717, 1.165) is 42.6 Å². The summed E-state index contributed by atoms with van der Waals surface area (Å²) in [6.07, 6.45) is 10.1. The molecule has 1 atom stereocenters. The van der Waals surface area contributed by atoms with Crippen LogP contribution < -0.4 is 5.48 Å². The number of nitrogens with zero attached hydrogens (tertiary/aromatic N) is 1. The standard InChI is InChI=1S/C18H21N3O3/c22-17(21-24-18-3-1-2-12-23-18)9-8-14-4-6-15(7-5-14)13-16-19-10-11-20-16/h4-11,18H,1-3,12-13H2,(H,19,20)(H,21,22)/b9-8+. The van der Waals surface area contributed by atoms with E-state index in [1.165, 1.54) is 6.08 Å². The van der Waals surface area contributed by atoms with Crippen LogP contribution in [-0.4, -0.2) is 28.8 Å². The molecule has 1 aromatic heterocycles. The molecule has 6 nitrogen and oxygen atoms in total. The van der Waals surface area contributed by atoms with Crippen molar-refractivity contribution in [1.29, 1.82) is 0 Å². The molecule has 0 spiro atoms. The third kappa shape index (κ3) is 5.04. The lowest BCUT2D eigenvalue weighted by Gasteiger charge is -2.21. The molecule has 1 aliphatic heterocycles. The molecule has 2 N–H and O–H groups in total. The van der Waals surface area contributed by atoms with Gasteiger partial charge in [0, 0.05) is 37.9 Å². The van der Waals surface area contributed by atoms with Gasteiger partial charge in [-0.3, -0.25) is 4.79 Å². The molecule has 1 aliphatic rings. The zero-order valence-corrected chi connectivity index (χ0v) is 13.4. The Bertz CT molecular complexity index is 659. The molecule has 126 valence electrons. The Morgan fingerprint density at radius 1 is 1.38 bits per heavy atom. The maximum absolute atomic E-state index is 11.7. The summed E-state index contributed by atoms with van der Waals surface area (Å²) in [5.74, 6) is 0.628. The first kappa shape index (κ1) is 16.4. The number of imidazole rings is 1. The third-order valence-electron chi connectivity index (χ3n) is 3.76. The molecule has 1 unspecified atom stereocenters. The molecule has 1 fully saturated rings. The Hall–Kier alpha value is -2.44. The summed E-state index contributed by atoms with van der Waals surface area (Å²) in [5, 5.41) is 0. The Morgan fingerprint density at radius 3 is 2.96 bits per heavy atom. The molecule has 1 aromatic carbocycles. The fraction of sp³-hybridized carbons (Fsp3) is 0.333. The van der Waals surface area contributed by atoms with Crippen LogP contribution in [0.15, 0.2) is 42.7 Å². The van der Waals surface area contributed by atoms with E-state index in [9.17, 15) is 4.79 Å². The van der Waals surface area contributed by atoms with Gasteiger partial charge in [-0.1, -0.05) is 24.3 Å². The van der Waals surface area contributed by atoms with Crippen LogP contribution in [0.5, 0.6) is 0 Å². The summed E-state index contributed by atoms with van der Waals surface area (Å²) >= 11 is 0. The molecule has 0 bridgehead atoms. The van der Waals surface area contributed by atoms with Crippen LogP contribution in [0.3, 0.4) is 0 Å². The smallest absolute Gasteiger partial charge is 0.267 e. The SMILES string of the molecule is O=C(/C=C/c1ccc(Cc2ncc[nH]2)cc1)NOC1CCCCO1. The number of hydrogen-bond donors (Lipinski definition) is 2. The molecule has 1 saturated heterocycles. The highest BCUT2D eigenvalue weighted by Crippen LogP contribution is 2.12. The van der Waals surface area contributed by atoms with Gasteiger partial charge in [0.05, 0.1) is 0 Å². The highest BCUT2D eigenvalue weighted by Gasteiger charge is 2.14. The van der Waals surface area contributed by atoms with Gasteiger partial charge in [-0.2, -0.15) is 0 Å². The van der Waals surface area contributed by atoms with Crippen molar-refractivity contribution >= 4 is 12.0 Å². The van der Waals surface area contributed by atoms with Crippen LogP contribution in [0.4, 0.5) is 0 Å². The van der Waals surface area contributed by atoms with Crippen LogP contribution in [0.25, 0.3) is 6.08 Å². The number of H-pyrrole nitrogens is 1. The topological polar surface area (TPSA) is 76.2 Å². The Labute approximate surface area is 140 Å². The number of hydroxylamine groups is 1. The van der Waals surface area contributed by atoms with Crippen LogP contribution in [-0.2, 0) is 20.8 Å². The van der Waals surface area contributed by atoms with Crippen molar-refractivity contribution in [3.8, 4) is 0 Å². The van der Waals surface area contributed by atoms with Crippen molar-refractivity contribution in [3.63, 3.8) is 0 Å². The van der Waals surface area contributed by atoms with E-state index in [0.29, 0.717) is 6.61 Å². The number of amides is 1. The maximum Gasteiger partial charge on any atom is 0.267 e. The number of aromatic amines is 1. The predicted octanol–water partition coefficient (Wildman–Crippen LogP) is 2.59. The summed E-state index contributed by atoms with van der Waals surface area (Å²) in [6.45, 7) is 0.681. The zero-order chi connectivity index (χ0) is 16.6. The molecule has 2 heterocycles. The minimum Gasteiger partial charge on any atom is -0.350 e. The quantitative estimate of drug-likeness (QED) is 0.631. The van der Waals surface area contributed by atoms with Gasteiger partial charge in [0.15, 0.2) is 6.29 Å². The zero-order valence-electron chi connectivity index (χ0n) is 13.4. The second kappa shape index (κ2) is 8.42. The van der Waals surface area contributed by atoms with E-state index in [1.54, 1.807) is 12.3 Å². The summed E-state index contributed by atoms with van der Waals surface area (Å²) in [4.78, 5) is 24.3. The fourth-order valence-corrected chi connectivity index (χ4v) is 2.47. The lowest BCUT2D eigenvalue weighted by atomic mass is 10.1. The van der Waals surface area contributed by atoms with Crippen molar-refractivity contribution in [2.24, 2.45) is 0 Å². The number of benzene rings is 1. The first-order chi connectivity index (χ1) is 11.8. The highest BCUT2D eigenvalue weighted by atomic mass is 16.8. The highest BCUT2D eigenvalue weighted by molar-refractivity contribution is 5.90. The van der Waals surface area contributed by atoms with E-state index in [2.05, 4.69) is 15.4 Å². The Kier molecular flexibility index (Phi) is 5.76. The van der Waals surface area contributed by atoms with E-state index < -0.39 is 0 Å². The molecule has 24 heavy (non-hydrogen) atoms. The summed E-state index contributed by atoms with van der Waals surface area (Å²) in [7, 11) is 0. The first-order valence-corrected chi connectivity index (χ1v) is 8.12. The first-order valence-electron chi connectivity index (χ1n) is 8.12. The number of aromatic nitrogens is 2. The van der Waals surface area contributed by atoms with Gasteiger partial charge in [-0.25, -0.2) is 15.3 Å². The van der Waals surface area contributed by atoms with Crippen molar-refractivity contribution in [1.82, 2.24) is 15.4 Å². The second-order valence-electron chi connectivity index (χ2n) is 5.67. The largest absolute Gasteiger partial charge is 0.350 e. The normalized spacial score (nSPS) is 17.9. The van der Waals surface area contributed by atoms with Crippen LogP contribution in [0.2, 0.25) is 0 Å². The number of rotatable bonds is 6. The number of ether oxygens (including phenoxy) is 1. The van der Waals surface area contributed by atoms with Crippen molar-refractivity contribution in [2.45, 2.75) is 32.0 Å². The number of carbonyl (C=O) groups is 1. The molecule has 0 radical (unpaired) electrons. The van der Waals surface area contributed by atoms with Gasteiger partial charge < -0.3 is 9.72 Å². The van der Waals surface area contributed by atoms with E-state index >= 15 is 0 Å². The van der Waals surface area contributed by atoms with Gasteiger partial charge in [0.2, 0.25) is 0 Å². The predicted molar refractivity (Wildman–Crippen MR) is 89.7 cm³/mol. The van der Waals surface area contributed by atoms with Gasteiger partial charge >= 0.3 is 0 Å². The van der Waals surface area contributed by atoms with E-state index in [-0.39, 0.29) is 12.2 Å². The lowest BCUT2D eigenvalue weighted by Crippen LogP contribution is -2.32. The van der Waals surface area contributed by atoms with E-state index in [1.807, 2.05) is 30.5 Å². The summed E-state index contributed by atoms with van der Waals surface area (Å²) in [5.41, 5.74) is 4.50. The lowest BCUT2D eigenvalue weighted by molar-refractivity contribution is -0.198. The van der Waals surface area contributed by atoms with Gasteiger partial charge in [-0.15, -0.1) is 0 Å². The second-order valence-corrected chi connectivity index (χ2v) is 5.67. The fourth-order valence-electron chi connectivity index (χ4n) is 2.47. The van der Waals surface area contributed by atoms with Crippen LogP contribution in [0, 0.1) is 0 Å². The minimum atomic E-state index is -0.336. The summed E-state index contributed by atoms with van der Waals surface area (Å²) < 4.78 is 5.38. The van der Waals surface area contributed by atoms with Crippen molar-refractivity contribution in [2.75, 3.05) is 6.61 Å². The van der Waals surface area contributed by atoms with Gasteiger partial charge in [0.25, 0.3) is 5.91 Å². The average molecular weight is 327 g/mol. The van der Waals surface area contributed by atoms with Gasteiger partial charge in [-0.05, 0) is 30.0 Å². The van der Waals surface area contributed by atoms with Crippen molar-refractivity contribution < 1.29 is 14.4 Å². The molecule has 3 rings (SSSR count). The minimum absolute atomic E-state index is 0.302. The monoisotopic (exact) mass is 327 g/mol. The molecule has 0 aliphatic carbocycles. The maximum atomic E-state index is 11.7. The van der Waals surface area contributed by atoms with Gasteiger partial charge in [0.1, 0.15) is 5.82 Å². The molecular weight excluding hydrogens is 306 g/mol. The number of nitrogens with one attached hydrogen (secondary N) is 2. The third-order valence-corrected chi connectivity index (χ3v) is 3.76. The Balaban J connectivity index is 1.45. The molecule has 0 saturated carbocycles. The van der Waals surface area contributed by atoms with Crippen molar-refractivity contribution in [3.05, 3.63) is 59.7 Å². The average Bonchev–Trinajstić information content (AvgIpc) is 3.13. The molecule has 2 aromatic rings. The molecular formula is C18H21N3O3. The van der Waals surface area contributed by atoms with E-state index in [4.69, 9.17) is 9.57 Å². The molecule has 6 heteroatoms.